The lowest BCUT2D eigenvalue weighted by molar-refractivity contribution is -0.157. The van der Waals surface area contributed by atoms with Crippen molar-refractivity contribution < 1.29 is 19.0 Å². The lowest BCUT2D eigenvalue weighted by Crippen LogP contribution is -2.54. The second-order valence-corrected chi connectivity index (χ2v) is 8.60. The third kappa shape index (κ3) is 4.50. The van der Waals surface area contributed by atoms with Gasteiger partial charge in [0.05, 0.1) is 25.9 Å². The van der Waals surface area contributed by atoms with E-state index in [1.165, 1.54) is 5.56 Å². The Morgan fingerprint density at radius 2 is 1.63 bits per heavy atom. The molecule has 4 rings (SSSR count). The molecule has 0 aliphatic heterocycles. The molecule has 2 bridgehead atoms. The van der Waals surface area contributed by atoms with Gasteiger partial charge in [0.15, 0.2) is 0 Å². The predicted molar refractivity (Wildman–Crippen MR) is 116 cm³/mol. The Bertz CT molecular complexity index is 835. The molecule has 2 aliphatic rings. The summed E-state index contributed by atoms with van der Waals surface area (Å²) < 4.78 is 18.0. The van der Waals surface area contributed by atoms with Crippen LogP contribution in [0.5, 0.6) is 0 Å². The van der Waals surface area contributed by atoms with Crippen molar-refractivity contribution in [2.24, 2.45) is 17.3 Å². The summed E-state index contributed by atoms with van der Waals surface area (Å²) in [7, 11) is 0. The van der Waals surface area contributed by atoms with Gasteiger partial charge in [-0.25, -0.2) is 0 Å². The minimum Gasteiger partial charge on any atom is -0.460 e. The highest BCUT2D eigenvalue weighted by Crippen LogP contribution is 2.52. The van der Waals surface area contributed by atoms with E-state index in [1.54, 1.807) is 0 Å². The van der Waals surface area contributed by atoms with E-state index in [4.69, 9.17) is 14.2 Å². The van der Waals surface area contributed by atoms with Crippen molar-refractivity contribution in [3.05, 3.63) is 83.9 Å². The molecule has 0 aromatic heterocycles. The van der Waals surface area contributed by atoms with E-state index >= 15 is 0 Å². The zero-order valence-corrected chi connectivity index (χ0v) is 17.5. The fourth-order valence-electron chi connectivity index (χ4n) is 5.00. The van der Waals surface area contributed by atoms with Crippen molar-refractivity contribution in [1.82, 2.24) is 0 Å². The highest BCUT2D eigenvalue weighted by molar-refractivity contribution is 5.39. The van der Waals surface area contributed by atoms with Crippen molar-refractivity contribution in [2.75, 3.05) is 6.61 Å². The van der Waals surface area contributed by atoms with Crippen LogP contribution in [-0.2, 0) is 32.2 Å². The van der Waals surface area contributed by atoms with Crippen LogP contribution < -0.4 is 0 Å². The number of benzene rings is 2. The molecule has 0 radical (unpaired) electrons. The number of ether oxygens (including phenoxy) is 3. The van der Waals surface area contributed by atoms with Gasteiger partial charge in [0.1, 0.15) is 6.10 Å². The minimum atomic E-state index is -0.216. The summed E-state index contributed by atoms with van der Waals surface area (Å²) in [6.07, 6.45) is 6.03. The summed E-state index contributed by atoms with van der Waals surface area (Å²) in [4.78, 5) is 11.1. The van der Waals surface area contributed by atoms with Crippen LogP contribution in [0.2, 0.25) is 0 Å². The number of hydrogen-bond acceptors (Lipinski definition) is 4. The van der Waals surface area contributed by atoms with Gasteiger partial charge in [0.25, 0.3) is 6.47 Å². The van der Waals surface area contributed by atoms with Gasteiger partial charge in [-0.1, -0.05) is 73.7 Å². The van der Waals surface area contributed by atoms with Crippen molar-refractivity contribution >= 4 is 6.47 Å². The fraction of sp³-hybridized carbons (Fsp3) is 0.423. The molecule has 1 saturated carbocycles. The van der Waals surface area contributed by atoms with Gasteiger partial charge in [-0.3, -0.25) is 4.79 Å². The Morgan fingerprint density at radius 3 is 2.30 bits per heavy atom. The average Bonchev–Trinajstić information content (AvgIpc) is 2.78. The van der Waals surface area contributed by atoms with Crippen LogP contribution in [0, 0.1) is 17.3 Å². The smallest absolute Gasteiger partial charge is 0.293 e. The number of fused-ring (bicyclic) bond motifs is 2. The average molecular weight is 407 g/mol. The normalized spacial score (nSPS) is 30.0. The van der Waals surface area contributed by atoms with Gasteiger partial charge in [-0.15, -0.1) is 0 Å². The first-order valence-electron chi connectivity index (χ1n) is 10.8. The molecule has 0 heterocycles. The van der Waals surface area contributed by atoms with Crippen molar-refractivity contribution in [1.29, 1.82) is 0 Å². The van der Waals surface area contributed by atoms with E-state index in [0.29, 0.717) is 26.3 Å². The SMILES string of the molecule is C[C@]12CC[C@H](OCc3ccccc3)[C@H](C=C[C@@H]1OC=O)[C@H]2COCc1ccccc1. The highest BCUT2D eigenvalue weighted by Gasteiger charge is 2.52. The second kappa shape index (κ2) is 9.59. The summed E-state index contributed by atoms with van der Waals surface area (Å²) in [5.74, 6) is 0.473. The van der Waals surface area contributed by atoms with E-state index in [9.17, 15) is 4.79 Å². The predicted octanol–water partition coefficient (Wildman–Crippen LogP) is 4.93. The Morgan fingerprint density at radius 1 is 0.967 bits per heavy atom. The molecule has 0 amide bonds. The lowest BCUT2D eigenvalue weighted by Gasteiger charge is -2.53. The topological polar surface area (TPSA) is 44.8 Å². The van der Waals surface area contributed by atoms with E-state index in [2.05, 4.69) is 37.3 Å². The quantitative estimate of drug-likeness (QED) is 0.437. The molecule has 1 fully saturated rings. The number of rotatable bonds is 9. The summed E-state index contributed by atoms with van der Waals surface area (Å²) in [6.45, 7) is 4.60. The molecule has 0 N–H and O–H groups in total. The van der Waals surface area contributed by atoms with Gasteiger partial charge in [0.2, 0.25) is 0 Å². The summed E-state index contributed by atoms with van der Waals surface area (Å²) in [6, 6.07) is 20.5. The first kappa shape index (κ1) is 20.8. The zero-order valence-electron chi connectivity index (χ0n) is 17.5. The molecule has 0 saturated heterocycles. The maximum Gasteiger partial charge on any atom is 0.293 e. The molecule has 2 aliphatic carbocycles. The molecular formula is C26H30O4. The largest absolute Gasteiger partial charge is 0.460 e. The Kier molecular flexibility index (Phi) is 6.66. The molecule has 0 unspecified atom stereocenters. The maximum atomic E-state index is 11.1. The first-order valence-corrected chi connectivity index (χ1v) is 10.8. The third-order valence-corrected chi connectivity index (χ3v) is 6.78. The monoisotopic (exact) mass is 406 g/mol. The fourth-order valence-corrected chi connectivity index (χ4v) is 5.00. The standard InChI is InChI=1S/C26H30O4/c1-26-15-14-24(29-17-21-10-6-3-7-11-21)22(12-13-25(26)30-19-27)23(26)18-28-16-20-8-4-2-5-9-20/h2-13,19,22-25H,14-18H2,1H3/t22-,23-,24+,25+,26-/m1/s1. The van der Waals surface area contributed by atoms with Gasteiger partial charge in [-0.2, -0.15) is 0 Å². The van der Waals surface area contributed by atoms with Gasteiger partial charge in [0, 0.05) is 17.3 Å². The van der Waals surface area contributed by atoms with Crippen LogP contribution in [-0.4, -0.2) is 25.3 Å². The van der Waals surface area contributed by atoms with E-state index < -0.39 is 0 Å². The van der Waals surface area contributed by atoms with Crippen LogP contribution >= 0.6 is 0 Å². The summed E-state index contributed by atoms with van der Waals surface area (Å²) in [5.41, 5.74) is 2.20. The van der Waals surface area contributed by atoms with Crippen LogP contribution in [0.3, 0.4) is 0 Å². The molecule has 2 aromatic carbocycles. The molecule has 2 aromatic rings. The molecule has 4 heteroatoms. The molecular weight excluding hydrogens is 376 g/mol. The molecule has 4 nitrogen and oxygen atoms in total. The van der Waals surface area contributed by atoms with Crippen molar-refractivity contribution in [2.45, 2.75) is 45.2 Å². The number of carbonyl (C=O) groups excluding carboxylic acids is 1. The van der Waals surface area contributed by atoms with Crippen LogP contribution in [0.25, 0.3) is 0 Å². The second-order valence-electron chi connectivity index (χ2n) is 8.60. The lowest BCUT2D eigenvalue weighted by atomic mass is 9.56. The van der Waals surface area contributed by atoms with E-state index in [1.807, 2.05) is 42.5 Å². The molecule has 30 heavy (non-hydrogen) atoms. The number of hydrogen-bond donors (Lipinski definition) is 0. The Labute approximate surface area is 178 Å². The Hall–Kier alpha value is -2.43. The van der Waals surface area contributed by atoms with Crippen molar-refractivity contribution in [3.8, 4) is 0 Å². The van der Waals surface area contributed by atoms with Crippen LogP contribution in [0.4, 0.5) is 0 Å². The van der Waals surface area contributed by atoms with Gasteiger partial charge < -0.3 is 14.2 Å². The first-order chi connectivity index (χ1) is 14.7. The number of carbonyl (C=O) groups is 1. The van der Waals surface area contributed by atoms with Gasteiger partial charge in [-0.05, 0) is 30.0 Å². The summed E-state index contributed by atoms with van der Waals surface area (Å²) in [5, 5.41) is 0. The zero-order chi connectivity index (χ0) is 20.8. The Balaban J connectivity index is 1.47. The highest BCUT2D eigenvalue weighted by atomic mass is 16.5. The van der Waals surface area contributed by atoms with Crippen LogP contribution in [0.1, 0.15) is 30.9 Å². The van der Waals surface area contributed by atoms with E-state index in [-0.39, 0.29) is 29.5 Å². The summed E-state index contributed by atoms with van der Waals surface area (Å²) >= 11 is 0. The third-order valence-electron chi connectivity index (χ3n) is 6.78. The maximum absolute atomic E-state index is 11.1. The van der Waals surface area contributed by atoms with Crippen molar-refractivity contribution in [3.63, 3.8) is 0 Å². The van der Waals surface area contributed by atoms with Gasteiger partial charge >= 0.3 is 0 Å². The van der Waals surface area contributed by atoms with Crippen LogP contribution in [0.15, 0.2) is 72.8 Å². The molecule has 5 atom stereocenters. The molecule has 0 spiro atoms. The molecule has 158 valence electrons. The van der Waals surface area contributed by atoms with E-state index in [0.717, 1.165) is 18.4 Å². The minimum absolute atomic E-state index is 0.136.